The van der Waals surface area contributed by atoms with Gasteiger partial charge in [-0.3, -0.25) is 4.79 Å². The van der Waals surface area contributed by atoms with E-state index in [-0.39, 0.29) is 11.8 Å². The molecule has 16 heavy (non-hydrogen) atoms. The third kappa shape index (κ3) is 1.91. The van der Waals surface area contributed by atoms with Crippen molar-refractivity contribution < 1.29 is 4.79 Å². The molecule has 0 spiro atoms. The normalized spacial score (nSPS) is 11.0. The number of pyridine rings is 1. The van der Waals surface area contributed by atoms with Crippen LogP contribution in [0.4, 0.5) is 5.69 Å². The second-order valence-corrected chi connectivity index (χ2v) is 4.18. The molecule has 1 amide bonds. The van der Waals surface area contributed by atoms with Gasteiger partial charge in [-0.1, -0.05) is 13.8 Å². The zero-order valence-corrected chi connectivity index (χ0v) is 9.69. The quantitative estimate of drug-likeness (QED) is 0.838. The molecule has 84 valence electrons. The number of carbonyl (C=O) groups excluding carboxylic acids is 1. The highest BCUT2D eigenvalue weighted by Gasteiger charge is 2.10. The molecule has 0 aliphatic rings. The van der Waals surface area contributed by atoms with Gasteiger partial charge >= 0.3 is 0 Å². The summed E-state index contributed by atoms with van der Waals surface area (Å²) < 4.78 is 1.91. The Morgan fingerprint density at radius 3 is 2.94 bits per heavy atom. The molecular weight excluding hydrogens is 202 g/mol. The zero-order chi connectivity index (χ0) is 11.7. The van der Waals surface area contributed by atoms with E-state index >= 15 is 0 Å². The SMILES string of the molecule is Cc1cn2cccc(NC(=O)C(C)C)c2n1. The predicted octanol–water partition coefficient (Wildman–Crippen LogP) is 2.24. The smallest absolute Gasteiger partial charge is 0.227 e. The van der Waals surface area contributed by atoms with Crippen LogP contribution in [0.1, 0.15) is 19.5 Å². The maximum atomic E-state index is 11.6. The fourth-order valence-electron chi connectivity index (χ4n) is 1.51. The molecule has 0 saturated heterocycles. The van der Waals surface area contributed by atoms with Crippen molar-refractivity contribution in [3.05, 3.63) is 30.2 Å². The van der Waals surface area contributed by atoms with Crippen LogP contribution in [-0.2, 0) is 4.79 Å². The average Bonchev–Trinajstić information content (AvgIpc) is 2.59. The summed E-state index contributed by atoms with van der Waals surface area (Å²) in [5.41, 5.74) is 2.48. The summed E-state index contributed by atoms with van der Waals surface area (Å²) in [4.78, 5) is 16.0. The first-order valence-electron chi connectivity index (χ1n) is 5.33. The number of aryl methyl sites for hydroxylation is 1. The minimum absolute atomic E-state index is 0.00810. The Balaban J connectivity index is 2.40. The molecule has 0 fully saturated rings. The third-order valence-electron chi connectivity index (χ3n) is 2.39. The number of nitrogens with zero attached hydrogens (tertiary/aromatic N) is 2. The van der Waals surface area contributed by atoms with E-state index in [2.05, 4.69) is 10.3 Å². The molecule has 0 bridgehead atoms. The van der Waals surface area contributed by atoms with Crippen molar-refractivity contribution in [2.75, 3.05) is 5.32 Å². The monoisotopic (exact) mass is 217 g/mol. The van der Waals surface area contributed by atoms with Gasteiger partial charge in [-0.25, -0.2) is 4.98 Å². The molecule has 2 rings (SSSR count). The van der Waals surface area contributed by atoms with Crippen LogP contribution in [0.25, 0.3) is 5.65 Å². The number of aromatic nitrogens is 2. The minimum atomic E-state index is -0.0312. The van der Waals surface area contributed by atoms with Crippen molar-refractivity contribution in [2.45, 2.75) is 20.8 Å². The number of hydrogen-bond donors (Lipinski definition) is 1. The summed E-state index contributed by atoms with van der Waals surface area (Å²) in [5.74, 6) is -0.0231. The van der Waals surface area contributed by atoms with Crippen LogP contribution in [-0.4, -0.2) is 15.3 Å². The van der Waals surface area contributed by atoms with Crippen LogP contribution in [0.5, 0.6) is 0 Å². The van der Waals surface area contributed by atoms with Crippen LogP contribution in [0.2, 0.25) is 0 Å². The maximum absolute atomic E-state index is 11.6. The molecule has 0 unspecified atom stereocenters. The summed E-state index contributed by atoms with van der Waals surface area (Å²) in [5, 5.41) is 2.88. The van der Waals surface area contributed by atoms with E-state index in [1.54, 1.807) is 0 Å². The van der Waals surface area contributed by atoms with Gasteiger partial charge in [-0.15, -0.1) is 0 Å². The second-order valence-electron chi connectivity index (χ2n) is 4.18. The first kappa shape index (κ1) is 10.7. The molecule has 2 heterocycles. The van der Waals surface area contributed by atoms with Crippen molar-refractivity contribution in [3.8, 4) is 0 Å². The van der Waals surface area contributed by atoms with Crippen LogP contribution >= 0.6 is 0 Å². The van der Waals surface area contributed by atoms with Gasteiger partial charge in [0.1, 0.15) is 0 Å². The molecule has 4 nitrogen and oxygen atoms in total. The van der Waals surface area contributed by atoms with E-state index in [0.29, 0.717) is 0 Å². The van der Waals surface area contributed by atoms with E-state index in [1.807, 2.05) is 49.7 Å². The van der Waals surface area contributed by atoms with Gasteiger partial charge in [0.15, 0.2) is 5.65 Å². The summed E-state index contributed by atoms with van der Waals surface area (Å²) in [6, 6.07) is 3.76. The number of imidazole rings is 1. The molecule has 2 aromatic heterocycles. The molecule has 0 atom stereocenters. The molecule has 0 aliphatic carbocycles. The lowest BCUT2D eigenvalue weighted by Gasteiger charge is -2.08. The molecule has 0 aliphatic heterocycles. The summed E-state index contributed by atoms with van der Waals surface area (Å²) >= 11 is 0. The van der Waals surface area contributed by atoms with E-state index in [1.165, 1.54) is 0 Å². The third-order valence-corrected chi connectivity index (χ3v) is 2.39. The Labute approximate surface area is 94.3 Å². The lowest BCUT2D eigenvalue weighted by Crippen LogP contribution is -2.18. The fraction of sp³-hybridized carbons (Fsp3) is 0.333. The Kier molecular flexibility index (Phi) is 2.64. The van der Waals surface area contributed by atoms with Crippen LogP contribution < -0.4 is 5.32 Å². The van der Waals surface area contributed by atoms with E-state index in [4.69, 9.17) is 0 Å². The summed E-state index contributed by atoms with van der Waals surface area (Å²) in [6.45, 7) is 5.67. The zero-order valence-electron chi connectivity index (χ0n) is 9.69. The van der Waals surface area contributed by atoms with Gasteiger partial charge in [-0.05, 0) is 19.1 Å². The molecule has 4 heteroatoms. The molecule has 0 aromatic carbocycles. The van der Waals surface area contributed by atoms with Crippen LogP contribution in [0.15, 0.2) is 24.5 Å². The predicted molar refractivity (Wildman–Crippen MR) is 63.4 cm³/mol. The maximum Gasteiger partial charge on any atom is 0.227 e. The van der Waals surface area contributed by atoms with Crippen molar-refractivity contribution in [1.82, 2.24) is 9.38 Å². The number of nitrogens with one attached hydrogen (secondary N) is 1. The van der Waals surface area contributed by atoms with Gasteiger partial charge in [0, 0.05) is 18.3 Å². The highest BCUT2D eigenvalue weighted by molar-refractivity contribution is 5.95. The summed E-state index contributed by atoms with van der Waals surface area (Å²) in [6.07, 6.45) is 3.85. The molecular formula is C12H15N3O. The summed E-state index contributed by atoms with van der Waals surface area (Å²) in [7, 11) is 0. The highest BCUT2D eigenvalue weighted by Crippen LogP contribution is 2.16. The number of amides is 1. The van der Waals surface area contributed by atoms with Crippen LogP contribution in [0, 0.1) is 12.8 Å². The average molecular weight is 217 g/mol. The Morgan fingerprint density at radius 1 is 1.50 bits per heavy atom. The first-order valence-corrected chi connectivity index (χ1v) is 5.33. The number of rotatable bonds is 2. The fourth-order valence-corrected chi connectivity index (χ4v) is 1.51. The first-order chi connectivity index (χ1) is 7.58. The van der Waals surface area contributed by atoms with Gasteiger partial charge in [-0.2, -0.15) is 0 Å². The van der Waals surface area contributed by atoms with Crippen molar-refractivity contribution >= 4 is 17.2 Å². The minimum Gasteiger partial charge on any atom is -0.323 e. The molecule has 2 aromatic rings. The van der Waals surface area contributed by atoms with Gasteiger partial charge in [0.2, 0.25) is 5.91 Å². The highest BCUT2D eigenvalue weighted by atomic mass is 16.1. The standard InChI is InChI=1S/C12H15N3O/c1-8(2)12(16)14-10-5-4-6-15-7-9(3)13-11(10)15/h4-8H,1-3H3,(H,14,16). The lowest BCUT2D eigenvalue weighted by atomic mass is 10.2. The molecule has 1 N–H and O–H groups in total. The van der Waals surface area contributed by atoms with E-state index < -0.39 is 0 Å². The molecule has 0 saturated carbocycles. The van der Waals surface area contributed by atoms with Crippen molar-refractivity contribution in [2.24, 2.45) is 5.92 Å². The Morgan fingerprint density at radius 2 is 2.25 bits per heavy atom. The Hall–Kier alpha value is -1.84. The molecule has 0 radical (unpaired) electrons. The second kappa shape index (κ2) is 3.96. The number of fused-ring (bicyclic) bond motifs is 1. The largest absolute Gasteiger partial charge is 0.323 e. The number of hydrogen-bond acceptors (Lipinski definition) is 2. The number of carbonyl (C=O) groups is 1. The van der Waals surface area contributed by atoms with Crippen LogP contribution in [0.3, 0.4) is 0 Å². The number of anilines is 1. The van der Waals surface area contributed by atoms with Crippen molar-refractivity contribution in [1.29, 1.82) is 0 Å². The van der Waals surface area contributed by atoms with Gasteiger partial charge in [0.25, 0.3) is 0 Å². The van der Waals surface area contributed by atoms with Gasteiger partial charge < -0.3 is 9.72 Å². The van der Waals surface area contributed by atoms with E-state index in [9.17, 15) is 4.79 Å². The topological polar surface area (TPSA) is 46.4 Å². The lowest BCUT2D eigenvalue weighted by molar-refractivity contribution is -0.118. The Bertz CT molecular complexity index is 528. The van der Waals surface area contributed by atoms with E-state index in [0.717, 1.165) is 17.0 Å². The van der Waals surface area contributed by atoms with Crippen molar-refractivity contribution in [3.63, 3.8) is 0 Å². The van der Waals surface area contributed by atoms with Gasteiger partial charge in [0.05, 0.1) is 11.4 Å².